The van der Waals surface area contributed by atoms with E-state index in [4.69, 9.17) is 21.1 Å². The number of esters is 1. The lowest BCUT2D eigenvalue weighted by Crippen LogP contribution is -2.35. The number of morpholine rings is 1. The maximum atomic E-state index is 12.4. The highest BCUT2D eigenvalue weighted by atomic mass is 35.5. The third-order valence-electron chi connectivity index (χ3n) is 4.77. The molecule has 1 N–H and O–H groups in total. The van der Waals surface area contributed by atoms with E-state index in [1.807, 2.05) is 12.1 Å². The quantitative estimate of drug-likeness (QED) is 0.394. The minimum Gasteiger partial charge on any atom is -0.449 e. The van der Waals surface area contributed by atoms with Gasteiger partial charge in [0.15, 0.2) is 6.10 Å². The van der Waals surface area contributed by atoms with E-state index in [0.29, 0.717) is 5.56 Å². The smallest absolute Gasteiger partial charge is 0.338 e. The summed E-state index contributed by atoms with van der Waals surface area (Å²) in [4.78, 5) is 37.1. The number of amides is 1. The molecule has 1 saturated heterocycles. The van der Waals surface area contributed by atoms with Crippen LogP contribution >= 0.6 is 11.6 Å². The van der Waals surface area contributed by atoms with Crippen LogP contribution in [0.4, 0.5) is 11.4 Å². The second-order valence-corrected chi connectivity index (χ2v) is 7.45. The number of hydrogen-bond acceptors (Lipinski definition) is 7. The number of nitrogens with one attached hydrogen (secondary N) is 1. The summed E-state index contributed by atoms with van der Waals surface area (Å²) in [6.45, 7) is 5.38. The predicted octanol–water partition coefficient (Wildman–Crippen LogP) is 3.26. The van der Waals surface area contributed by atoms with Crippen LogP contribution in [0.15, 0.2) is 42.5 Å². The van der Waals surface area contributed by atoms with Gasteiger partial charge in [0, 0.05) is 31.8 Å². The molecule has 3 rings (SSSR count). The van der Waals surface area contributed by atoms with Crippen LogP contribution in [0.2, 0.25) is 5.02 Å². The standard InChI is InChI=1S/C21H22ClN3O6/c1-14(20(26)23-19-7-6-17(25(28)29)12-18(19)22)31-21(27)16-4-2-15(3-5-16)13-24-8-10-30-11-9-24/h2-7,12,14H,8-11,13H2,1H3,(H,23,26)/t14-/m0/s1. The Bertz CT molecular complexity index is 960. The number of non-ortho nitro benzene ring substituents is 1. The summed E-state index contributed by atoms with van der Waals surface area (Å²) in [6, 6.07) is 10.7. The summed E-state index contributed by atoms with van der Waals surface area (Å²) in [5.74, 6) is -1.23. The number of benzene rings is 2. The topological polar surface area (TPSA) is 111 Å². The van der Waals surface area contributed by atoms with Gasteiger partial charge in [-0.2, -0.15) is 0 Å². The number of hydrogen-bond donors (Lipinski definition) is 1. The average Bonchev–Trinajstić information content (AvgIpc) is 2.76. The minimum absolute atomic E-state index is 0.0110. The number of ether oxygens (including phenoxy) is 2. The molecule has 1 fully saturated rings. The lowest BCUT2D eigenvalue weighted by Gasteiger charge is -2.26. The molecule has 31 heavy (non-hydrogen) atoms. The minimum atomic E-state index is -1.09. The normalized spacial score (nSPS) is 15.2. The Labute approximate surface area is 184 Å². The largest absolute Gasteiger partial charge is 0.449 e. The van der Waals surface area contributed by atoms with Gasteiger partial charge >= 0.3 is 5.97 Å². The van der Waals surface area contributed by atoms with E-state index in [1.165, 1.54) is 19.1 Å². The van der Waals surface area contributed by atoms with Gasteiger partial charge in [0.05, 0.1) is 34.4 Å². The number of carbonyl (C=O) groups excluding carboxylic acids is 2. The molecule has 0 radical (unpaired) electrons. The van der Waals surface area contributed by atoms with Gasteiger partial charge < -0.3 is 14.8 Å². The van der Waals surface area contributed by atoms with Gasteiger partial charge in [-0.15, -0.1) is 0 Å². The molecular formula is C21H22ClN3O6. The number of rotatable bonds is 7. The number of nitrogens with zero attached hydrogens (tertiary/aromatic N) is 2. The van der Waals surface area contributed by atoms with Gasteiger partial charge in [-0.3, -0.25) is 19.8 Å². The van der Waals surface area contributed by atoms with Crippen LogP contribution in [0, 0.1) is 10.1 Å². The SMILES string of the molecule is C[C@H](OC(=O)c1ccc(CN2CCOCC2)cc1)C(=O)Nc1ccc([N+](=O)[O-])cc1Cl. The summed E-state index contributed by atoms with van der Waals surface area (Å²) in [6.07, 6.45) is -1.09. The second-order valence-electron chi connectivity index (χ2n) is 7.04. The molecule has 1 aliphatic heterocycles. The van der Waals surface area contributed by atoms with Crippen molar-refractivity contribution in [3.63, 3.8) is 0 Å². The molecule has 1 heterocycles. The Kier molecular flexibility index (Phi) is 7.56. The van der Waals surface area contributed by atoms with Crippen molar-refractivity contribution in [3.05, 3.63) is 68.7 Å². The Morgan fingerprint density at radius 2 is 1.90 bits per heavy atom. The molecule has 10 heteroatoms. The molecule has 9 nitrogen and oxygen atoms in total. The lowest BCUT2D eigenvalue weighted by molar-refractivity contribution is -0.384. The van der Waals surface area contributed by atoms with Gasteiger partial charge in [0.25, 0.3) is 11.6 Å². The molecule has 0 aromatic heterocycles. The fourth-order valence-electron chi connectivity index (χ4n) is 3.00. The maximum Gasteiger partial charge on any atom is 0.338 e. The molecule has 1 aliphatic rings. The number of carbonyl (C=O) groups is 2. The van der Waals surface area contributed by atoms with E-state index in [-0.39, 0.29) is 16.4 Å². The van der Waals surface area contributed by atoms with E-state index in [9.17, 15) is 19.7 Å². The van der Waals surface area contributed by atoms with Crippen molar-refractivity contribution >= 4 is 34.9 Å². The van der Waals surface area contributed by atoms with Crippen LogP contribution in [-0.2, 0) is 20.8 Å². The lowest BCUT2D eigenvalue weighted by atomic mass is 10.1. The van der Waals surface area contributed by atoms with E-state index < -0.39 is 22.9 Å². The number of nitro groups is 1. The van der Waals surface area contributed by atoms with Crippen LogP contribution in [0.3, 0.4) is 0 Å². The number of anilines is 1. The van der Waals surface area contributed by atoms with Crippen LogP contribution in [-0.4, -0.2) is 54.1 Å². The number of halogens is 1. The van der Waals surface area contributed by atoms with Crippen molar-refractivity contribution < 1.29 is 24.0 Å². The van der Waals surface area contributed by atoms with Crippen LogP contribution in [0.1, 0.15) is 22.8 Å². The van der Waals surface area contributed by atoms with Crippen LogP contribution in [0.25, 0.3) is 0 Å². The summed E-state index contributed by atoms with van der Waals surface area (Å²) >= 11 is 5.97. The molecule has 0 aliphatic carbocycles. The third-order valence-corrected chi connectivity index (χ3v) is 5.09. The van der Waals surface area contributed by atoms with Crippen molar-refractivity contribution in [2.75, 3.05) is 31.6 Å². The monoisotopic (exact) mass is 447 g/mol. The van der Waals surface area contributed by atoms with Gasteiger partial charge in [-0.1, -0.05) is 23.7 Å². The molecule has 1 amide bonds. The highest BCUT2D eigenvalue weighted by Gasteiger charge is 2.21. The number of nitro benzene ring substituents is 1. The Morgan fingerprint density at radius 3 is 2.52 bits per heavy atom. The predicted molar refractivity (Wildman–Crippen MR) is 114 cm³/mol. The van der Waals surface area contributed by atoms with E-state index in [0.717, 1.165) is 44.5 Å². The summed E-state index contributed by atoms with van der Waals surface area (Å²) < 4.78 is 10.6. The molecule has 0 spiro atoms. The molecule has 0 unspecified atom stereocenters. The Hall–Kier alpha value is -3.01. The summed E-state index contributed by atoms with van der Waals surface area (Å²) in [5.41, 5.74) is 1.39. The summed E-state index contributed by atoms with van der Waals surface area (Å²) in [5, 5.41) is 13.3. The Balaban J connectivity index is 1.54. The molecular weight excluding hydrogens is 426 g/mol. The fourth-order valence-corrected chi connectivity index (χ4v) is 3.22. The molecule has 0 bridgehead atoms. The molecule has 0 saturated carbocycles. The molecule has 2 aromatic carbocycles. The van der Waals surface area contributed by atoms with Gasteiger partial charge in [0.1, 0.15) is 0 Å². The van der Waals surface area contributed by atoms with Gasteiger partial charge in [-0.25, -0.2) is 4.79 Å². The van der Waals surface area contributed by atoms with Crippen LogP contribution in [0.5, 0.6) is 0 Å². The zero-order chi connectivity index (χ0) is 22.4. The van der Waals surface area contributed by atoms with Gasteiger partial charge in [-0.05, 0) is 30.7 Å². The maximum absolute atomic E-state index is 12.4. The first-order valence-electron chi connectivity index (χ1n) is 9.68. The first-order chi connectivity index (χ1) is 14.8. The van der Waals surface area contributed by atoms with Crippen molar-refractivity contribution in [1.29, 1.82) is 0 Å². The molecule has 2 aromatic rings. The van der Waals surface area contributed by atoms with Crippen molar-refractivity contribution in [3.8, 4) is 0 Å². The van der Waals surface area contributed by atoms with E-state index in [2.05, 4.69) is 10.2 Å². The van der Waals surface area contributed by atoms with Crippen molar-refractivity contribution in [2.45, 2.75) is 19.6 Å². The second kappa shape index (κ2) is 10.3. The average molecular weight is 448 g/mol. The first-order valence-corrected chi connectivity index (χ1v) is 10.1. The molecule has 1 atom stereocenters. The van der Waals surface area contributed by atoms with Crippen molar-refractivity contribution in [2.24, 2.45) is 0 Å². The molecule has 164 valence electrons. The first kappa shape index (κ1) is 22.7. The van der Waals surface area contributed by atoms with Crippen LogP contribution < -0.4 is 5.32 Å². The van der Waals surface area contributed by atoms with Crippen molar-refractivity contribution in [1.82, 2.24) is 4.90 Å². The Morgan fingerprint density at radius 1 is 1.23 bits per heavy atom. The highest BCUT2D eigenvalue weighted by Crippen LogP contribution is 2.26. The zero-order valence-corrected chi connectivity index (χ0v) is 17.6. The zero-order valence-electron chi connectivity index (χ0n) is 16.9. The van der Waals surface area contributed by atoms with Gasteiger partial charge in [0.2, 0.25) is 0 Å². The third kappa shape index (κ3) is 6.24. The highest BCUT2D eigenvalue weighted by molar-refractivity contribution is 6.34. The van der Waals surface area contributed by atoms with E-state index >= 15 is 0 Å². The summed E-state index contributed by atoms with van der Waals surface area (Å²) in [7, 11) is 0. The van der Waals surface area contributed by atoms with E-state index in [1.54, 1.807) is 12.1 Å². The fraction of sp³-hybridized carbons (Fsp3) is 0.333.